The van der Waals surface area contributed by atoms with E-state index in [4.69, 9.17) is 5.73 Å². The van der Waals surface area contributed by atoms with E-state index in [-0.39, 0.29) is 33.1 Å². The van der Waals surface area contributed by atoms with E-state index in [2.05, 4.69) is 4.98 Å². The topological polar surface area (TPSA) is 113 Å². The lowest BCUT2D eigenvalue weighted by molar-refractivity contribution is -0.605. The van der Waals surface area contributed by atoms with Crippen molar-refractivity contribution in [1.29, 1.82) is 10.5 Å². The molecule has 0 aliphatic heterocycles. The average Bonchev–Trinajstić information content (AvgIpc) is 2.66. The zero-order chi connectivity index (χ0) is 19.4. The highest BCUT2D eigenvalue weighted by molar-refractivity contribution is 7.98. The molecule has 3 aromatic rings. The van der Waals surface area contributed by atoms with E-state index in [0.29, 0.717) is 10.5 Å². The van der Waals surface area contributed by atoms with Crippen LogP contribution in [0.25, 0.3) is 11.1 Å². The highest BCUT2D eigenvalue weighted by Crippen LogP contribution is 2.37. The molecule has 0 amide bonds. The minimum atomic E-state index is -0.567. The fraction of sp³-hybridized carbons (Fsp3) is 0.0526. The highest BCUT2D eigenvalue weighted by Gasteiger charge is 2.22. The average molecular weight is 377 g/mol. The summed E-state index contributed by atoms with van der Waals surface area (Å²) in [6.45, 7) is 0. The molecular weight excluding hydrogens is 365 g/mol. The Bertz CT molecular complexity index is 1100. The van der Waals surface area contributed by atoms with Crippen LogP contribution in [0.3, 0.4) is 0 Å². The summed E-state index contributed by atoms with van der Waals surface area (Å²) < 4.78 is 15.0. The van der Waals surface area contributed by atoms with Crippen molar-refractivity contribution >= 4 is 17.6 Å². The molecule has 0 bridgehead atoms. The Labute approximate surface area is 158 Å². The number of pyridine rings is 2. The molecule has 1 aromatic carbocycles. The summed E-state index contributed by atoms with van der Waals surface area (Å²) in [6.07, 6.45) is 2.77. The predicted octanol–water partition coefficient (Wildman–Crippen LogP) is 3.14. The number of nitrogens with zero attached hydrogens (tertiary/aromatic N) is 4. The van der Waals surface area contributed by atoms with Gasteiger partial charge in [-0.15, -0.1) is 0 Å². The first-order chi connectivity index (χ1) is 13.0. The Kier molecular flexibility index (Phi) is 5.20. The summed E-state index contributed by atoms with van der Waals surface area (Å²) in [5.41, 5.74) is 6.89. The van der Waals surface area contributed by atoms with E-state index >= 15 is 0 Å². The largest absolute Gasteiger partial charge is 0.619 e. The van der Waals surface area contributed by atoms with Gasteiger partial charge in [-0.05, 0) is 12.1 Å². The third-order valence-electron chi connectivity index (χ3n) is 3.77. The Balaban J connectivity index is 2.12. The summed E-state index contributed by atoms with van der Waals surface area (Å²) in [5, 5.41) is 30.8. The Morgan fingerprint density at radius 1 is 1.15 bits per heavy atom. The third-order valence-corrected chi connectivity index (χ3v) is 4.82. The molecule has 0 saturated carbocycles. The summed E-state index contributed by atoms with van der Waals surface area (Å²) >= 11 is 1.18. The number of aromatic nitrogens is 2. The van der Waals surface area contributed by atoms with E-state index in [0.717, 1.165) is 5.56 Å². The third kappa shape index (κ3) is 3.66. The second-order valence-corrected chi connectivity index (χ2v) is 6.46. The highest BCUT2D eigenvalue weighted by atomic mass is 32.2. The number of halogens is 1. The Hall–Kier alpha value is -3.62. The van der Waals surface area contributed by atoms with E-state index in [1.807, 2.05) is 12.1 Å². The number of benzene rings is 1. The van der Waals surface area contributed by atoms with Gasteiger partial charge < -0.3 is 10.9 Å². The van der Waals surface area contributed by atoms with Crippen LogP contribution in [0.2, 0.25) is 0 Å². The van der Waals surface area contributed by atoms with Gasteiger partial charge in [-0.25, -0.2) is 9.37 Å². The van der Waals surface area contributed by atoms with Gasteiger partial charge >= 0.3 is 0 Å². The Morgan fingerprint density at radius 2 is 1.89 bits per heavy atom. The van der Waals surface area contributed by atoms with Gasteiger partial charge in [-0.2, -0.15) is 15.3 Å². The van der Waals surface area contributed by atoms with Gasteiger partial charge in [-0.1, -0.05) is 30.0 Å². The smallest absolute Gasteiger partial charge is 0.184 e. The van der Waals surface area contributed by atoms with Crippen LogP contribution in [0.1, 0.15) is 16.7 Å². The van der Waals surface area contributed by atoms with Gasteiger partial charge in [0.25, 0.3) is 0 Å². The first-order valence-corrected chi connectivity index (χ1v) is 8.72. The van der Waals surface area contributed by atoms with Crippen LogP contribution in [-0.4, -0.2) is 4.98 Å². The van der Waals surface area contributed by atoms with Crippen LogP contribution in [0.5, 0.6) is 0 Å². The SMILES string of the molecule is N#Cc1c(N)nc(SCc2ccc[n+]([O-])c2)c(C#N)c1-c1ccccc1F. The molecule has 0 radical (unpaired) electrons. The van der Waals surface area contributed by atoms with Gasteiger partial charge in [0.05, 0.1) is 5.56 Å². The molecule has 2 N–H and O–H groups in total. The number of thioether (sulfide) groups is 1. The fourth-order valence-electron chi connectivity index (χ4n) is 2.57. The van der Waals surface area contributed by atoms with E-state index in [1.165, 1.54) is 42.4 Å². The molecule has 132 valence electrons. The van der Waals surface area contributed by atoms with Crippen molar-refractivity contribution in [3.63, 3.8) is 0 Å². The molecular formula is C19H12FN5OS. The minimum Gasteiger partial charge on any atom is -0.619 e. The molecule has 0 aliphatic rings. The summed E-state index contributed by atoms with van der Waals surface area (Å²) in [4.78, 5) is 4.16. The fourth-order valence-corrected chi connectivity index (χ4v) is 3.50. The monoisotopic (exact) mass is 377 g/mol. The van der Waals surface area contributed by atoms with Gasteiger partial charge in [0.15, 0.2) is 12.4 Å². The molecule has 2 aromatic heterocycles. The van der Waals surface area contributed by atoms with Gasteiger partial charge in [0.2, 0.25) is 0 Å². The number of rotatable bonds is 4. The molecule has 0 fully saturated rings. The number of anilines is 1. The summed E-state index contributed by atoms with van der Waals surface area (Å²) in [6, 6.07) is 13.2. The maximum Gasteiger partial charge on any atom is 0.184 e. The van der Waals surface area contributed by atoms with Crippen molar-refractivity contribution in [2.75, 3.05) is 5.73 Å². The molecule has 0 unspecified atom stereocenters. The van der Waals surface area contributed by atoms with Gasteiger partial charge in [0, 0.05) is 28.5 Å². The number of nitriles is 2. The molecule has 27 heavy (non-hydrogen) atoms. The van der Waals surface area contributed by atoms with Crippen molar-refractivity contribution in [3.05, 3.63) is 76.5 Å². The summed E-state index contributed by atoms with van der Waals surface area (Å²) in [7, 11) is 0. The standard InChI is InChI=1S/C19H12FN5OS/c20-16-6-2-1-5-13(16)17-14(8-21)18(23)24-19(15(17)9-22)27-11-12-4-3-7-25(26)10-12/h1-7,10H,11H2,(H2,23,24). The number of hydrogen-bond acceptors (Lipinski definition) is 6. The molecule has 6 nitrogen and oxygen atoms in total. The number of hydrogen-bond donors (Lipinski definition) is 1. The zero-order valence-electron chi connectivity index (χ0n) is 13.9. The van der Waals surface area contributed by atoms with Crippen molar-refractivity contribution in [2.45, 2.75) is 10.8 Å². The van der Waals surface area contributed by atoms with Crippen molar-refractivity contribution < 1.29 is 9.12 Å². The molecule has 0 spiro atoms. The quantitative estimate of drug-likeness (QED) is 0.424. The second kappa shape index (κ2) is 7.73. The van der Waals surface area contributed by atoms with Crippen molar-refractivity contribution in [2.24, 2.45) is 0 Å². The summed E-state index contributed by atoms with van der Waals surface area (Å²) in [5.74, 6) is -0.293. The first-order valence-electron chi connectivity index (χ1n) is 7.74. The van der Waals surface area contributed by atoms with Crippen LogP contribution < -0.4 is 10.5 Å². The number of nitrogens with two attached hydrogens (primary N) is 1. The van der Waals surface area contributed by atoms with Crippen LogP contribution in [0.15, 0.2) is 53.8 Å². The molecule has 8 heteroatoms. The van der Waals surface area contributed by atoms with E-state index in [9.17, 15) is 20.1 Å². The van der Waals surface area contributed by atoms with E-state index < -0.39 is 5.82 Å². The predicted molar refractivity (Wildman–Crippen MR) is 98.4 cm³/mol. The molecule has 2 heterocycles. The van der Waals surface area contributed by atoms with Crippen LogP contribution in [0.4, 0.5) is 10.2 Å². The zero-order valence-corrected chi connectivity index (χ0v) is 14.7. The first kappa shape index (κ1) is 18.2. The lowest BCUT2D eigenvalue weighted by Crippen LogP contribution is -2.24. The van der Waals surface area contributed by atoms with Crippen molar-refractivity contribution in [1.82, 2.24) is 4.98 Å². The van der Waals surface area contributed by atoms with Crippen molar-refractivity contribution in [3.8, 4) is 23.3 Å². The van der Waals surface area contributed by atoms with E-state index in [1.54, 1.807) is 18.2 Å². The van der Waals surface area contributed by atoms with Crippen LogP contribution in [-0.2, 0) is 5.75 Å². The van der Waals surface area contributed by atoms with Gasteiger partial charge in [0.1, 0.15) is 34.4 Å². The molecule has 0 atom stereocenters. The molecule has 0 aliphatic carbocycles. The maximum absolute atomic E-state index is 14.3. The van der Waals surface area contributed by atoms with Crippen LogP contribution >= 0.6 is 11.8 Å². The lowest BCUT2D eigenvalue weighted by Gasteiger charge is -2.13. The lowest BCUT2D eigenvalue weighted by atomic mass is 9.96. The molecule has 0 saturated heterocycles. The normalized spacial score (nSPS) is 10.2. The second-order valence-electron chi connectivity index (χ2n) is 5.49. The van der Waals surface area contributed by atoms with Gasteiger partial charge in [-0.3, -0.25) is 0 Å². The maximum atomic E-state index is 14.3. The molecule has 3 rings (SSSR count). The number of nitrogen functional groups attached to an aromatic ring is 1. The van der Waals surface area contributed by atoms with Crippen LogP contribution in [0, 0.1) is 33.7 Å². The Morgan fingerprint density at radius 3 is 2.56 bits per heavy atom. The minimum absolute atomic E-state index is 0.0434.